The first-order valence-corrected chi connectivity index (χ1v) is 9.29. The molecule has 1 unspecified atom stereocenters. The van der Waals surface area contributed by atoms with Crippen LogP contribution in [0.2, 0.25) is 0 Å². The van der Waals surface area contributed by atoms with Crippen LogP contribution in [0.3, 0.4) is 0 Å². The van der Waals surface area contributed by atoms with Gasteiger partial charge in [0.1, 0.15) is 12.1 Å². The summed E-state index contributed by atoms with van der Waals surface area (Å²) in [5.41, 5.74) is 21.3. The fourth-order valence-corrected chi connectivity index (χ4v) is 2.04. The lowest BCUT2D eigenvalue weighted by Gasteiger charge is -2.14. The van der Waals surface area contributed by atoms with Crippen LogP contribution in [0.25, 0.3) is 0 Å². The summed E-state index contributed by atoms with van der Waals surface area (Å²) in [6.45, 7) is 0.570. The van der Waals surface area contributed by atoms with Crippen LogP contribution in [0.1, 0.15) is 32.1 Å². The molecule has 0 saturated carbocycles. The molecule has 0 aliphatic heterocycles. The average molecular weight is 446 g/mol. The number of carbonyl (C=O) groups is 4. The molecule has 0 spiro atoms. The number of nitrogens with two attached hydrogens (primary N) is 4. The van der Waals surface area contributed by atoms with E-state index >= 15 is 0 Å². The van der Waals surface area contributed by atoms with Gasteiger partial charge >= 0.3 is 23.9 Å². The molecule has 176 valence electrons. The molecular formula is C16H30N8O7. The maximum absolute atomic E-state index is 11.7. The van der Waals surface area contributed by atoms with Crippen molar-refractivity contribution in [3.8, 4) is 0 Å². The van der Waals surface area contributed by atoms with E-state index in [9.17, 15) is 24.3 Å². The van der Waals surface area contributed by atoms with E-state index < -0.39 is 48.5 Å². The van der Waals surface area contributed by atoms with E-state index in [2.05, 4.69) is 20.1 Å². The minimum Gasteiger partial charge on any atom is -0.392 e. The van der Waals surface area contributed by atoms with Crippen molar-refractivity contribution in [3.05, 3.63) is 0 Å². The standard InChI is InChI=1S/C16H30N8O7/c17-8(3-1-5-23-15(19)20)12(27)30-11(26)7-10(25)14(29)31-13(28)9(18)4-2-6-24-16(21)22/h8-10,25H,1-7,17-18H2,(H4,19,20,23)(H4,21,22,24)/t8-,9-,10?/m0/s1. The van der Waals surface area contributed by atoms with Crippen molar-refractivity contribution < 1.29 is 33.8 Å². The highest BCUT2D eigenvalue weighted by Crippen LogP contribution is 2.04. The van der Waals surface area contributed by atoms with E-state index in [4.69, 9.17) is 33.8 Å². The topological polar surface area (TPSA) is 283 Å². The monoisotopic (exact) mass is 446 g/mol. The summed E-state index contributed by atoms with van der Waals surface area (Å²) in [4.78, 5) is 46.8. The molecule has 3 atom stereocenters. The molecule has 0 aromatic carbocycles. The van der Waals surface area contributed by atoms with Gasteiger partial charge in [0.2, 0.25) is 0 Å². The number of rotatable bonds is 13. The van der Waals surface area contributed by atoms with Gasteiger partial charge in [-0.15, -0.1) is 0 Å². The maximum atomic E-state index is 11.7. The van der Waals surface area contributed by atoms with Crippen molar-refractivity contribution in [2.75, 3.05) is 13.1 Å². The average Bonchev–Trinajstić information content (AvgIpc) is 2.67. The Balaban J connectivity index is 4.27. The highest BCUT2D eigenvalue weighted by atomic mass is 16.6. The Morgan fingerprint density at radius 1 is 0.806 bits per heavy atom. The van der Waals surface area contributed by atoms with Gasteiger partial charge in [0.15, 0.2) is 18.0 Å². The molecule has 13 N–H and O–H groups in total. The van der Waals surface area contributed by atoms with Gasteiger partial charge in [0.05, 0.1) is 6.42 Å². The Kier molecular flexibility index (Phi) is 13.1. The number of aliphatic hydroxyl groups is 1. The number of carbonyl (C=O) groups excluding carboxylic acids is 4. The normalized spacial score (nSPS) is 13.3. The second kappa shape index (κ2) is 14.6. The smallest absolute Gasteiger partial charge is 0.343 e. The van der Waals surface area contributed by atoms with Gasteiger partial charge in [-0.25, -0.2) is 14.4 Å². The van der Waals surface area contributed by atoms with Crippen LogP contribution in [-0.2, 0) is 28.7 Å². The molecule has 31 heavy (non-hydrogen) atoms. The third-order valence-electron chi connectivity index (χ3n) is 3.67. The minimum absolute atomic E-state index is 0.110. The van der Waals surface area contributed by atoms with Crippen molar-refractivity contribution in [3.63, 3.8) is 0 Å². The largest absolute Gasteiger partial charge is 0.392 e. The van der Waals surface area contributed by atoms with Crippen LogP contribution in [0, 0.1) is 10.8 Å². The Labute approximate surface area is 178 Å². The molecule has 0 rings (SSSR count). The number of hydrogen-bond donors (Lipinski definition) is 9. The molecule has 15 nitrogen and oxygen atoms in total. The number of guanidine groups is 2. The Bertz CT molecular complexity index is 672. The molecule has 0 saturated heterocycles. The third kappa shape index (κ3) is 13.5. The molecule has 0 aromatic rings. The van der Waals surface area contributed by atoms with E-state index in [-0.39, 0.29) is 37.9 Å². The molecule has 0 fully saturated rings. The van der Waals surface area contributed by atoms with Gasteiger partial charge < -0.3 is 48.1 Å². The zero-order valence-corrected chi connectivity index (χ0v) is 16.9. The van der Waals surface area contributed by atoms with Crippen molar-refractivity contribution >= 4 is 35.8 Å². The third-order valence-corrected chi connectivity index (χ3v) is 3.67. The van der Waals surface area contributed by atoms with Crippen LogP contribution in [0.5, 0.6) is 0 Å². The number of ether oxygens (including phenoxy) is 2. The zero-order valence-electron chi connectivity index (χ0n) is 16.9. The summed E-state index contributed by atoms with van der Waals surface area (Å²) in [5, 5.41) is 28.6. The van der Waals surface area contributed by atoms with Crippen molar-refractivity contribution in [1.82, 2.24) is 10.6 Å². The highest BCUT2D eigenvalue weighted by molar-refractivity contribution is 5.94. The first kappa shape index (κ1) is 27.7. The van der Waals surface area contributed by atoms with E-state index in [0.29, 0.717) is 12.8 Å². The molecule has 0 amide bonds. The lowest BCUT2D eigenvalue weighted by atomic mass is 10.1. The predicted octanol–water partition coefficient (Wildman–Crippen LogP) is -3.94. The van der Waals surface area contributed by atoms with Crippen LogP contribution >= 0.6 is 0 Å². The SMILES string of the molecule is N=C(N)NCCC[C@H](N)C(=O)OC(=O)CC(O)C(=O)OC(=O)[C@@H](N)CCCNC(=N)N. The number of esters is 4. The molecular weight excluding hydrogens is 416 g/mol. The number of nitrogens with one attached hydrogen (secondary N) is 4. The van der Waals surface area contributed by atoms with Crippen LogP contribution in [-0.4, -0.2) is 72.2 Å². The van der Waals surface area contributed by atoms with Crippen molar-refractivity contribution in [2.24, 2.45) is 22.9 Å². The van der Waals surface area contributed by atoms with Crippen molar-refractivity contribution in [1.29, 1.82) is 10.8 Å². The molecule has 0 bridgehead atoms. The number of aliphatic hydroxyl groups excluding tert-OH is 1. The Morgan fingerprint density at radius 2 is 1.23 bits per heavy atom. The van der Waals surface area contributed by atoms with Gasteiger partial charge in [-0.2, -0.15) is 0 Å². The number of hydrogen-bond acceptors (Lipinski definition) is 11. The van der Waals surface area contributed by atoms with Crippen LogP contribution in [0.15, 0.2) is 0 Å². The van der Waals surface area contributed by atoms with Gasteiger partial charge in [0, 0.05) is 13.1 Å². The molecule has 0 aliphatic rings. The summed E-state index contributed by atoms with van der Waals surface area (Å²) in [6, 6.07) is -2.31. The lowest BCUT2D eigenvalue weighted by Crippen LogP contribution is -2.39. The summed E-state index contributed by atoms with van der Waals surface area (Å²) < 4.78 is 8.84. The first-order chi connectivity index (χ1) is 14.4. The zero-order chi connectivity index (χ0) is 24.0. The molecule has 0 radical (unpaired) electrons. The molecule has 15 heteroatoms. The predicted molar refractivity (Wildman–Crippen MR) is 107 cm³/mol. The van der Waals surface area contributed by atoms with E-state index in [1.54, 1.807) is 0 Å². The first-order valence-electron chi connectivity index (χ1n) is 9.29. The van der Waals surface area contributed by atoms with Crippen LogP contribution in [0.4, 0.5) is 0 Å². The van der Waals surface area contributed by atoms with E-state index in [1.807, 2.05) is 0 Å². The Morgan fingerprint density at radius 3 is 1.65 bits per heavy atom. The molecule has 0 aromatic heterocycles. The quantitative estimate of drug-likeness (QED) is 0.0429. The lowest BCUT2D eigenvalue weighted by molar-refractivity contribution is -0.172. The second-order valence-corrected chi connectivity index (χ2v) is 6.43. The minimum atomic E-state index is -2.05. The van der Waals surface area contributed by atoms with E-state index in [0.717, 1.165) is 0 Å². The van der Waals surface area contributed by atoms with Gasteiger partial charge in [0.25, 0.3) is 0 Å². The van der Waals surface area contributed by atoms with Gasteiger partial charge in [-0.3, -0.25) is 15.6 Å². The van der Waals surface area contributed by atoms with Gasteiger partial charge in [-0.05, 0) is 25.7 Å². The summed E-state index contributed by atoms with van der Waals surface area (Å²) in [6.07, 6.45) is -2.02. The Hall–Kier alpha value is -3.30. The fraction of sp³-hybridized carbons (Fsp3) is 0.625. The molecule has 0 heterocycles. The second-order valence-electron chi connectivity index (χ2n) is 6.43. The summed E-state index contributed by atoms with van der Waals surface area (Å²) in [7, 11) is 0. The highest BCUT2D eigenvalue weighted by Gasteiger charge is 2.28. The fourth-order valence-electron chi connectivity index (χ4n) is 2.04. The van der Waals surface area contributed by atoms with E-state index in [1.165, 1.54) is 0 Å². The summed E-state index contributed by atoms with van der Waals surface area (Å²) >= 11 is 0. The van der Waals surface area contributed by atoms with Crippen LogP contribution < -0.4 is 33.6 Å². The van der Waals surface area contributed by atoms with Gasteiger partial charge in [-0.1, -0.05) is 0 Å². The summed E-state index contributed by atoms with van der Waals surface area (Å²) in [5.74, 6) is -5.32. The maximum Gasteiger partial charge on any atom is 0.343 e. The van der Waals surface area contributed by atoms with Crippen molar-refractivity contribution in [2.45, 2.75) is 50.3 Å². The molecule has 0 aliphatic carbocycles.